The van der Waals surface area contributed by atoms with Crippen LogP contribution >= 0.6 is 0 Å². The highest BCUT2D eigenvalue weighted by atomic mass is 16.3. The fourth-order valence-corrected chi connectivity index (χ4v) is 3.24. The van der Waals surface area contributed by atoms with Crippen molar-refractivity contribution in [1.29, 1.82) is 0 Å². The van der Waals surface area contributed by atoms with Gasteiger partial charge in [0.2, 0.25) is 23.6 Å². The van der Waals surface area contributed by atoms with Gasteiger partial charge in [-0.1, -0.05) is 42.5 Å². The van der Waals surface area contributed by atoms with E-state index in [1.807, 2.05) is 30.3 Å². The summed E-state index contributed by atoms with van der Waals surface area (Å²) in [5.41, 5.74) is 13.0. The van der Waals surface area contributed by atoms with Crippen LogP contribution in [0.5, 0.6) is 5.75 Å². The van der Waals surface area contributed by atoms with Gasteiger partial charge >= 0.3 is 0 Å². The number of phenols is 1. The van der Waals surface area contributed by atoms with Crippen molar-refractivity contribution in [2.75, 3.05) is 13.6 Å². The van der Waals surface area contributed by atoms with Crippen molar-refractivity contribution in [3.8, 4) is 5.75 Å². The number of hydrogen-bond acceptors (Lipinski definition) is 6. The molecular weight excluding hydrogens is 438 g/mol. The van der Waals surface area contributed by atoms with E-state index in [1.165, 1.54) is 31.0 Å². The lowest BCUT2D eigenvalue weighted by atomic mass is 10.0. The van der Waals surface area contributed by atoms with Crippen molar-refractivity contribution < 1.29 is 24.3 Å². The van der Waals surface area contributed by atoms with Crippen LogP contribution in [0.15, 0.2) is 54.6 Å². The third-order valence-electron chi connectivity index (χ3n) is 5.36. The first-order valence-electron chi connectivity index (χ1n) is 10.8. The SMILES string of the molecule is C[C@@H](NC(=O)[C@@H](N)Cc1ccc(O)cc1)C(=O)NCC(=O)N(C)[C@@H](Cc1ccccc1)C(N)=O. The van der Waals surface area contributed by atoms with Crippen molar-refractivity contribution >= 4 is 23.6 Å². The van der Waals surface area contributed by atoms with E-state index in [0.29, 0.717) is 0 Å². The van der Waals surface area contributed by atoms with E-state index in [4.69, 9.17) is 11.5 Å². The molecule has 34 heavy (non-hydrogen) atoms. The summed E-state index contributed by atoms with van der Waals surface area (Å²) in [7, 11) is 1.44. The monoisotopic (exact) mass is 469 g/mol. The van der Waals surface area contributed by atoms with E-state index in [-0.39, 0.29) is 25.1 Å². The molecule has 0 aromatic heterocycles. The Morgan fingerprint density at radius 2 is 1.53 bits per heavy atom. The lowest BCUT2D eigenvalue weighted by Crippen LogP contribution is -2.53. The number of aromatic hydroxyl groups is 1. The predicted molar refractivity (Wildman–Crippen MR) is 126 cm³/mol. The molecule has 10 heteroatoms. The van der Waals surface area contributed by atoms with Crippen LogP contribution in [-0.4, -0.2) is 65.4 Å². The van der Waals surface area contributed by atoms with E-state index in [0.717, 1.165) is 11.1 Å². The minimum atomic E-state index is -0.937. The Labute approximate surface area is 198 Å². The molecule has 2 aromatic rings. The third-order valence-corrected chi connectivity index (χ3v) is 5.36. The van der Waals surface area contributed by atoms with Crippen molar-refractivity contribution in [2.24, 2.45) is 11.5 Å². The molecule has 0 heterocycles. The van der Waals surface area contributed by atoms with Gasteiger partial charge < -0.3 is 32.1 Å². The van der Waals surface area contributed by atoms with Crippen LogP contribution in [0, 0.1) is 0 Å². The van der Waals surface area contributed by atoms with Crippen molar-refractivity contribution in [1.82, 2.24) is 15.5 Å². The van der Waals surface area contributed by atoms with Crippen LogP contribution in [0.1, 0.15) is 18.1 Å². The second-order valence-corrected chi connectivity index (χ2v) is 8.04. The number of nitrogens with zero attached hydrogens (tertiary/aromatic N) is 1. The fraction of sp³-hybridized carbons (Fsp3) is 0.333. The summed E-state index contributed by atoms with van der Waals surface area (Å²) in [5.74, 6) is -2.17. The molecule has 7 N–H and O–H groups in total. The molecule has 2 aromatic carbocycles. The topological polar surface area (TPSA) is 168 Å². The van der Waals surface area contributed by atoms with Crippen LogP contribution in [0.2, 0.25) is 0 Å². The highest BCUT2D eigenvalue weighted by molar-refractivity contribution is 5.92. The minimum absolute atomic E-state index is 0.106. The molecule has 0 fully saturated rings. The molecule has 0 saturated carbocycles. The Kier molecular flexibility index (Phi) is 9.57. The molecule has 0 aliphatic rings. The summed E-state index contributed by atoms with van der Waals surface area (Å²) in [6.45, 7) is 1.10. The first-order valence-corrected chi connectivity index (χ1v) is 10.8. The summed E-state index contributed by atoms with van der Waals surface area (Å²) in [6, 6.07) is 12.7. The summed E-state index contributed by atoms with van der Waals surface area (Å²) >= 11 is 0. The van der Waals surface area contributed by atoms with E-state index in [9.17, 15) is 24.3 Å². The maximum absolute atomic E-state index is 12.5. The molecule has 2 rings (SSSR count). The molecule has 0 aliphatic carbocycles. The maximum atomic E-state index is 12.5. The van der Waals surface area contributed by atoms with Crippen molar-refractivity contribution in [3.63, 3.8) is 0 Å². The van der Waals surface area contributed by atoms with Gasteiger partial charge in [-0.2, -0.15) is 0 Å². The zero-order chi connectivity index (χ0) is 25.3. The molecule has 0 aliphatic heterocycles. The molecule has 182 valence electrons. The number of amides is 4. The van der Waals surface area contributed by atoms with Crippen LogP contribution in [-0.2, 0) is 32.0 Å². The third kappa shape index (κ3) is 7.89. The summed E-state index contributed by atoms with van der Waals surface area (Å²) < 4.78 is 0. The van der Waals surface area contributed by atoms with Gasteiger partial charge in [0.15, 0.2) is 0 Å². The number of phenolic OH excluding ortho intramolecular Hbond substituents is 1. The smallest absolute Gasteiger partial charge is 0.242 e. The standard InChI is InChI=1S/C24H31N5O5/c1-15(28-24(34)19(25)12-17-8-10-18(30)11-9-17)23(33)27-14-21(31)29(2)20(22(26)32)13-16-6-4-3-5-7-16/h3-11,15,19-20,30H,12-14,25H2,1-2H3,(H2,26,32)(H,27,33)(H,28,34)/t15-,19+,20+/m1/s1. The maximum Gasteiger partial charge on any atom is 0.242 e. The average Bonchev–Trinajstić information content (AvgIpc) is 2.82. The number of rotatable bonds is 11. The van der Waals surface area contributed by atoms with E-state index < -0.39 is 41.8 Å². The number of benzene rings is 2. The fourth-order valence-electron chi connectivity index (χ4n) is 3.24. The molecule has 0 spiro atoms. The lowest BCUT2D eigenvalue weighted by molar-refractivity contribution is -0.138. The second-order valence-electron chi connectivity index (χ2n) is 8.04. The van der Waals surface area contributed by atoms with E-state index in [2.05, 4.69) is 10.6 Å². The van der Waals surface area contributed by atoms with Gasteiger partial charge in [-0.3, -0.25) is 19.2 Å². The predicted octanol–water partition coefficient (Wildman–Crippen LogP) is -0.562. The summed E-state index contributed by atoms with van der Waals surface area (Å²) in [5, 5.41) is 14.3. The lowest BCUT2D eigenvalue weighted by Gasteiger charge is -2.26. The van der Waals surface area contributed by atoms with Crippen LogP contribution in [0.25, 0.3) is 0 Å². The Bertz CT molecular complexity index is 997. The average molecular weight is 470 g/mol. The van der Waals surface area contributed by atoms with Crippen molar-refractivity contribution in [2.45, 2.75) is 37.9 Å². The number of nitrogens with one attached hydrogen (secondary N) is 2. The Hall–Kier alpha value is -3.92. The number of hydrogen-bond donors (Lipinski definition) is 5. The van der Waals surface area contributed by atoms with Gasteiger partial charge in [0.05, 0.1) is 12.6 Å². The Morgan fingerprint density at radius 1 is 0.941 bits per heavy atom. The van der Waals surface area contributed by atoms with Gasteiger partial charge in [-0.05, 0) is 36.6 Å². The zero-order valence-electron chi connectivity index (χ0n) is 19.2. The molecule has 0 radical (unpaired) electrons. The van der Waals surface area contributed by atoms with E-state index in [1.54, 1.807) is 12.1 Å². The molecular formula is C24H31N5O5. The highest BCUT2D eigenvalue weighted by Gasteiger charge is 2.26. The zero-order valence-corrected chi connectivity index (χ0v) is 19.2. The molecule has 0 unspecified atom stereocenters. The largest absolute Gasteiger partial charge is 0.508 e. The number of nitrogens with two attached hydrogens (primary N) is 2. The summed E-state index contributed by atoms with van der Waals surface area (Å²) in [6.07, 6.45) is 0.470. The molecule has 0 bridgehead atoms. The number of likely N-dealkylation sites (N-methyl/N-ethyl adjacent to an activating group) is 1. The first kappa shape index (κ1) is 26.3. The van der Waals surface area contributed by atoms with Gasteiger partial charge in [0, 0.05) is 13.5 Å². The first-order chi connectivity index (χ1) is 16.1. The van der Waals surface area contributed by atoms with Gasteiger partial charge in [-0.25, -0.2) is 0 Å². The van der Waals surface area contributed by atoms with Crippen LogP contribution < -0.4 is 22.1 Å². The van der Waals surface area contributed by atoms with Gasteiger partial charge in [0.25, 0.3) is 0 Å². The quantitative estimate of drug-likeness (QED) is 0.295. The van der Waals surface area contributed by atoms with E-state index >= 15 is 0 Å². The number of carbonyl (C=O) groups is 4. The summed E-state index contributed by atoms with van der Waals surface area (Å²) in [4.78, 5) is 50.3. The Balaban J connectivity index is 1.84. The Morgan fingerprint density at radius 3 is 2.12 bits per heavy atom. The van der Waals surface area contributed by atoms with Crippen molar-refractivity contribution in [3.05, 3.63) is 65.7 Å². The second kappa shape index (κ2) is 12.4. The number of primary amides is 1. The van der Waals surface area contributed by atoms with Gasteiger partial charge in [0.1, 0.15) is 17.8 Å². The normalized spacial score (nSPS) is 13.3. The number of carbonyl (C=O) groups excluding carboxylic acids is 4. The molecule has 10 nitrogen and oxygen atoms in total. The molecule has 0 saturated heterocycles. The van der Waals surface area contributed by atoms with Gasteiger partial charge in [-0.15, -0.1) is 0 Å². The van der Waals surface area contributed by atoms with Crippen LogP contribution in [0.4, 0.5) is 0 Å². The minimum Gasteiger partial charge on any atom is -0.508 e. The molecule has 4 amide bonds. The highest BCUT2D eigenvalue weighted by Crippen LogP contribution is 2.11. The molecule has 3 atom stereocenters. The van der Waals surface area contributed by atoms with Crippen LogP contribution in [0.3, 0.4) is 0 Å².